The van der Waals surface area contributed by atoms with Crippen LogP contribution in [-0.2, 0) is 14.4 Å². The first-order valence-corrected chi connectivity index (χ1v) is 3.87. The molecule has 15 heavy (non-hydrogen) atoms. The Labute approximate surface area is 83.5 Å². The molecular formula is C9H6O6. The van der Waals surface area contributed by atoms with Crippen molar-refractivity contribution in [1.82, 2.24) is 0 Å². The summed E-state index contributed by atoms with van der Waals surface area (Å²) in [6, 6.07) is 0. The van der Waals surface area contributed by atoms with Gasteiger partial charge in [-0.2, -0.15) is 0 Å². The van der Waals surface area contributed by atoms with Crippen LogP contribution in [0.5, 0.6) is 0 Å². The number of aliphatic hydroxyl groups is 3. The van der Waals surface area contributed by atoms with Gasteiger partial charge in [0.1, 0.15) is 36.1 Å². The van der Waals surface area contributed by atoms with Crippen molar-refractivity contribution in [3.8, 4) is 0 Å². The Morgan fingerprint density at radius 2 is 0.867 bits per heavy atom. The molecule has 0 unspecified atom stereocenters. The van der Waals surface area contributed by atoms with E-state index in [1.165, 1.54) is 17.8 Å². The Morgan fingerprint density at radius 1 is 0.667 bits per heavy atom. The summed E-state index contributed by atoms with van der Waals surface area (Å²) in [6.07, 6.45) is -5.33. The molecule has 3 N–H and O–H groups in total. The molecule has 0 saturated heterocycles. The molecule has 6 heteroatoms. The van der Waals surface area contributed by atoms with Gasteiger partial charge in [0.2, 0.25) is 0 Å². The predicted octanol–water partition coefficient (Wildman–Crippen LogP) is -2.64. The summed E-state index contributed by atoms with van der Waals surface area (Å²) in [6.45, 7) is 0. The minimum Gasteiger partial charge on any atom is -0.383 e. The Hall–Kier alpha value is -1.77. The molecule has 0 bridgehead atoms. The number of aliphatic hydroxyl groups excluding tert-OH is 3. The lowest BCUT2D eigenvalue weighted by Crippen LogP contribution is -2.41. The van der Waals surface area contributed by atoms with Crippen molar-refractivity contribution in [3.05, 3.63) is 16.7 Å². The maximum atomic E-state index is 10.4. The van der Waals surface area contributed by atoms with E-state index in [0.717, 1.165) is 0 Å². The zero-order chi connectivity index (χ0) is 11.6. The molecule has 1 saturated carbocycles. The molecule has 1 aliphatic rings. The molecule has 78 valence electrons. The zero-order valence-electron chi connectivity index (χ0n) is 7.30. The van der Waals surface area contributed by atoms with Crippen LogP contribution in [-0.4, -0.2) is 51.5 Å². The molecule has 0 radical (unpaired) electrons. The molecule has 6 nitrogen and oxygen atoms in total. The molecule has 1 fully saturated rings. The average molecular weight is 210 g/mol. The van der Waals surface area contributed by atoms with Crippen LogP contribution in [0.1, 0.15) is 0 Å². The Balaban J connectivity index is 3.41. The SMILES string of the molecule is O=C=C1C(O)C(=C=O)C(O)C(=C=O)C1O. The van der Waals surface area contributed by atoms with Gasteiger partial charge in [-0.25, -0.2) is 14.4 Å². The normalized spacial score (nSPS) is 30.6. The van der Waals surface area contributed by atoms with E-state index in [2.05, 4.69) is 0 Å². The van der Waals surface area contributed by atoms with E-state index in [9.17, 15) is 29.7 Å². The highest BCUT2D eigenvalue weighted by Crippen LogP contribution is 2.29. The molecule has 1 rings (SSSR count). The Kier molecular flexibility index (Phi) is 3.14. The number of hydrogen-bond donors (Lipinski definition) is 3. The highest BCUT2D eigenvalue weighted by Gasteiger charge is 2.41. The van der Waals surface area contributed by atoms with Gasteiger partial charge in [0.05, 0.1) is 16.7 Å². The topological polar surface area (TPSA) is 112 Å². The van der Waals surface area contributed by atoms with E-state index in [0.29, 0.717) is 0 Å². The first-order chi connectivity index (χ1) is 7.08. The van der Waals surface area contributed by atoms with Crippen molar-refractivity contribution in [3.63, 3.8) is 0 Å². The second-order valence-corrected chi connectivity index (χ2v) is 2.88. The maximum absolute atomic E-state index is 10.4. The lowest BCUT2D eigenvalue weighted by molar-refractivity contribution is 0.112. The quantitative estimate of drug-likeness (QED) is 0.377. The molecule has 0 spiro atoms. The third-order valence-electron chi connectivity index (χ3n) is 2.12. The fraction of sp³-hybridized carbons (Fsp3) is 0.333. The number of carbonyl (C=O) groups excluding carboxylic acids is 3. The van der Waals surface area contributed by atoms with Gasteiger partial charge in [0.25, 0.3) is 0 Å². The van der Waals surface area contributed by atoms with Crippen molar-refractivity contribution in [2.24, 2.45) is 0 Å². The summed E-state index contributed by atoms with van der Waals surface area (Å²) in [4.78, 5) is 31.1. The van der Waals surface area contributed by atoms with Gasteiger partial charge in [0, 0.05) is 0 Å². The van der Waals surface area contributed by atoms with Crippen LogP contribution in [0, 0.1) is 0 Å². The highest BCUT2D eigenvalue weighted by molar-refractivity contribution is 5.74. The van der Waals surface area contributed by atoms with Gasteiger partial charge in [0.15, 0.2) is 0 Å². The summed E-state index contributed by atoms with van der Waals surface area (Å²) in [5.41, 5.74) is -1.84. The van der Waals surface area contributed by atoms with E-state index in [4.69, 9.17) is 0 Å². The Morgan fingerprint density at radius 3 is 1.00 bits per heavy atom. The second kappa shape index (κ2) is 4.17. The lowest BCUT2D eigenvalue weighted by Gasteiger charge is -2.28. The van der Waals surface area contributed by atoms with E-state index in [1.54, 1.807) is 0 Å². The molecule has 0 aromatic heterocycles. The summed E-state index contributed by atoms with van der Waals surface area (Å²) in [5.74, 6) is 3.63. The molecule has 0 atom stereocenters. The lowest BCUT2D eigenvalue weighted by atomic mass is 9.81. The molecule has 0 heterocycles. The molecule has 0 aliphatic heterocycles. The van der Waals surface area contributed by atoms with Crippen molar-refractivity contribution in [1.29, 1.82) is 0 Å². The van der Waals surface area contributed by atoms with Crippen molar-refractivity contribution < 1.29 is 29.7 Å². The predicted molar refractivity (Wildman–Crippen MR) is 45.6 cm³/mol. The zero-order valence-corrected chi connectivity index (χ0v) is 7.30. The summed E-state index contributed by atoms with van der Waals surface area (Å²) in [5, 5.41) is 28.0. The van der Waals surface area contributed by atoms with Gasteiger partial charge in [-0.15, -0.1) is 0 Å². The summed E-state index contributed by atoms with van der Waals surface area (Å²) >= 11 is 0. The van der Waals surface area contributed by atoms with E-state index in [1.807, 2.05) is 0 Å². The smallest absolute Gasteiger partial charge is 0.129 e. The summed E-state index contributed by atoms with van der Waals surface area (Å²) < 4.78 is 0. The van der Waals surface area contributed by atoms with Gasteiger partial charge >= 0.3 is 0 Å². The van der Waals surface area contributed by atoms with Gasteiger partial charge in [-0.1, -0.05) is 0 Å². The van der Waals surface area contributed by atoms with Crippen molar-refractivity contribution in [2.45, 2.75) is 18.3 Å². The van der Waals surface area contributed by atoms with Crippen LogP contribution in [0.4, 0.5) is 0 Å². The van der Waals surface area contributed by atoms with Gasteiger partial charge in [-0.05, 0) is 0 Å². The minimum atomic E-state index is -1.78. The number of rotatable bonds is 0. The van der Waals surface area contributed by atoms with Crippen LogP contribution in [0.2, 0.25) is 0 Å². The fourth-order valence-electron chi connectivity index (χ4n) is 1.29. The molecule has 0 aromatic rings. The van der Waals surface area contributed by atoms with Crippen molar-refractivity contribution >= 4 is 17.8 Å². The second-order valence-electron chi connectivity index (χ2n) is 2.88. The van der Waals surface area contributed by atoms with Crippen molar-refractivity contribution in [2.75, 3.05) is 0 Å². The summed E-state index contributed by atoms with van der Waals surface area (Å²) in [7, 11) is 0. The Bertz CT molecular complexity index is 347. The van der Waals surface area contributed by atoms with E-state index >= 15 is 0 Å². The fourth-order valence-corrected chi connectivity index (χ4v) is 1.29. The van der Waals surface area contributed by atoms with Crippen LogP contribution in [0.15, 0.2) is 16.7 Å². The first-order valence-electron chi connectivity index (χ1n) is 3.87. The monoisotopic (exact) mass is 210 g/mol. The van der Waals surface area contributed by atoms with Gasteiger partial charge in [-0.3, -0.25) is 0 Å². The average Bonchev–Trinajstić information content (AvgIpc) is 2.19. The standard InChI is InChI=1S/C9H6O6/c10-1-4-7(13)5(2-11)9(15)6(3-12)8(4)14/h7-9,13-15H. The third kappa shape index (κ3) is 1.61. The molecule has 0 aromatic carbocycles. The van der Waals surface area contributed by atoms with E-state index in [-0.39, 0.29) is 0 Å². The van der Waals surface area contributed by atoms with Crippen LogP contribution in [0.3, 0.4) is 0 Å². The number of hydrogen-bond acceptors (Lipinski definition) is 6. The van der Waals surface area contributed by atoms with Crippen LogP contribution in [0.25, 0.3) is 0 Å². The van der Waals surface area contributed by atoms with Gasteiger partial charge < -0.3 is 15.3 Å². The molecule has 1 aliphatic carbocycles. The van der Waals surface area contributed by atoms with Crippen LogP contribution >= 0.6 is 0 Å². The minimum absolute atomic E-state index is 0.614. The maximum Gasteiger partial charge on any atom is 0.129 e. The van der Waals surface area contributed by atoms with Crippen LogP contribution < -0.4 is 0 Å². The van der Waals surface area contributed by atoms with E-state index < -0.39 is 35.0 Å². The third-order valence-corrected chi connectivity index (χ3v) is 2.12. The largest absolute Gasteiger partial charge is 0.383 e. The highest BCUT2D eigenvalue weighted by atomic mass is 16.3. The molecular weight excluding hydrogens is 204 g/mol. The molecule has 0 amide bonds. The first kappa shape index (κ1) is 11.3.